The van der Waals surface area contributed by atoms with Crippen molar-refractivity contribution in [2.45, 2.75) is 23.8 Å². The number of ether oxygens (including phenoxy) is 1. The Hall–Kier alpha value is -1.62. The maximum absolute atomic E-state index is 13.2. The summed E-state index contributed by atoms with van der Waals surface area (Å²) in [7, 11) is -3.81. The highest BCUT2D eigenvalue weighted by atomic mass is 32.2. The molecule has 0 bridgehead atoms. The topological polar surface area (TPSA) is 92.7 Å². The first kappa shape index (κ1) is 16.8. The molecule has 0 aliphatic carbocycles. The molecule has 0 unspecified atom stereocenters. The SMILES string of the molecule is O=C([C@@H]1CCCN1S(=O)(=O)c1cccc2nsnc12)N1CCOCC1. The molecule has 1 amide bonds. The minimum atomic E-state index is -3.81. The third kappa shape index (κ3) is 2.92. The number of amides is 1. The number of rotatable bonds is 3. The van der Waals surface area contributed by atoms with Crippen LogP contribution in [0.5, 0.6) is 0 Å². The fraction of sp³-hybridized carbons (Fsp3) is 0.533. The molecule has 3 heterocycles. The van der Waals surface area contributed by atoms with Gasteiger partial charge in [-0.05, 0) is 25.0 Å². The standard InChI is InChI=1S/C15H18N4O4S2/c20-15(18-7-9-23-10-8-18)12-4-2-6-19(12)25(21,22)13-5-1-3-11-14(13)17-24-16-11/h1,3,5,12H,2,4,6-10H2/t12-/m0/s1. The molecule has 2 aliphatic heterocycles. The lowest BCUT2D eigenvalue weighted by atomic mass is 10.2. The van der Waals surface area contributed by atoms with E-state index >= 15 is 0 Å². The average Bonchev–Trinajstić information content (AvgIpc) is 3.30. The first-order chi connectivity index (χ1) is 12.1. The largest absolute Gasteiger partial charge is 0.378 e. The summed E-state index contributed by atoms with van der Waals surface area (Å²) in [4.78, 5) is 14.7. The van der Waals surface area contributed by atoms with Crippen molar-refractivity contribution in [1.29, 1.82) is 0 Å². The van der Waals surface area contributed by atoms with E-state index in [1.54, 1.807) is 17.0 Å². The van der Waals surface area contributed by atoms with E-state index < -0.39 is 16.1 Å². The molecule has 4 rings (SSSR count). The number of morpholine rings is 1. The predicted octanol–water partition coefficient (Wildman–Crippen LogP) is 0.703. The smallest absolute Gasteiger partial charge is 0.246 e. The number of sulfonamides is 1. The van der Waals surface area contributed by atoms with Gasteiger partial charge in [0.05, 0.1) is 24.9 Å². The highest BCUT2D eigenvalue weighted by Gasteiger charge is 2.42. The number of nitrogens with zero attached hydrogens (tertiary/aromatic N) is 4. The van der Waals surface area contributed by atoms with Crippen molar-refractivity contribution in [2.75, 3.05) is 32.8 Å². The van der Waals surface area contributed by atoms with Crippen LogP contribution >= 0.6 is 11.7 Å². The molecule has 1 aromatic heterocycles. The van der Waals surface area contributed by atoms with Gasteiger partial charge in [-0.25, -0.2) is 8.42 Å². The van der Waals surface area contributed by atoms with Crippen LogP contribution in [-0.2, 0) is 19.6 Å². The van der Waals surface area contributed by atoms with Crippen LogP contribution in [0.4, 0.5) is 0 Å². The number of hydrogen-bond acceptors (Lipinski definition) is 7. The van der Waals surface area contributed by atoms with Crippen LogP contribution < -0.4 is 0 Å². The van der Waals surface area contributed by atoms with Gasteiger partial charge in [0.1, 0.15) is 22.0 Å². The van der Waals surface area contributed by atoms with Crippen molar-refractivity contribution in [2.24, 2.45) is 0 Å². The van der Waals surface area contributed by atoms with Gasteiger partial charge in [0.25, 0.3) is 0 Å². The molecule has 134 valence electrons. The van der Waals surface area contributed by atoms with Gasteiger partial charge < -0.3 is 9.64 Å². The molecule has 8 nitrogen and oxygen atoms in total. The highest BCUT2D eigenvalue weighted by Crippen LogP contribution is 2.30. The molecule has 2 saturated heterocycles. The zero-order chi connectivity index (χ0) is 17.4. The van der Waals surface area contributed by atoms with Crippen LogP contribution in [0.15, 0.2) is 23.1 Å². The maximum Gasteiger partial charge on any atom is 0.246 e. The number of benzene rings is 1. The van der Waals surface area contributed by atoms with E-state index in [2.05, 4.69) is 8.75 Å². The van der Waals surface area contributed by atoms with E-state index in [0.29, 0.717) is 56.7 Å². The molecule has 0 saturated carbocycles. The van der Waals surface area contributed by atoms with Gasteiger partial charge in [-0.3, -0.25) is 4.79 Å². The number of hydrogen-bond donors (Lipinski definition) is 0. The minimum absolute atomic E-state index is 0.125. The maximum atomic E-state index is 13.2. The summed E-state index contributed by atoms with van der Waals surface area (Å²) < 4.78 is 41.3. The van der Waals surface area contributed by atoms with Crippen molar-refractivity contribution in [3.05, 3.63) is 18.2 Å². The van der Waals surface area contributed by atoms with Crippen LogP contribution in [-0.4, -0.2) is 71.2 Å². The Labute approximate surface area is 149 Å². The number of aromatic nitrogens is 2. The Morgan fingerprint density at radius 2 is 2.00 bits per heavy atom. The molecule has 0 N–H and O–H groups in total. The van der Waals surface area contributed by atoms with Crippen LogP contribution in [0.2, 0.25) is 0 Å². The minimum Gasteiger partial charge on any atom is -0.378 e. The second-order valence-electron chi connectivity index (χ2n) is 6.10. The Morgan fingerprint density at radius 1 is 1.20 bits per heavy atom. The Morgan fingerprint density at radius 3 is 2.80 bits per heavy atom. The molecular weight excluding hydrogens is 364 g/mol. The van der Waals surface area contributed by atoms with E-state index in [9.17, 15) is 13.2 Å². The fourth-order valence-electron chi connectivity index (χ4n) is 3.38. The molecule has 2 aliphatic rings. The van der Waals surface area contributed by atoms with Crippen molar-refractivity contribution < 1.29 is 17.9 Å². The molecule has 25 heavy (non-hydrogen) atoms. The van der Waals surface area contributed by atoms with E-state index in [0.717, 1.165) is 11.7 Å². The Bertz CT molecular complexity index is 892. The summed E-state index contributed by atoms with van der Waals surface area (Å²) in [6.45, 7) is 2.35. The van der Waals surface area contributed by atoms with Gasteiger partial charge in [0, 0.05) is 19.6 Å². The van der Waals surface area contributed by atoms with Crippen LogP contribution in [0.25, 0.3) is 11.0 Å². The second kappa shape index (κ2) is 6.60. The lowest BCUT2D eigenvalue weighted by molar-refractivity contribution is -0.138. The first-order valence-corrected chi connectivity index (χ1v) is 10.4. The van der Waals surface area contributed by atoms with E-state index in [-0.39, 0.29) is 10.8 Å². The monoisotopic (exact) mass is 382 g/mol. The average molecular weight is 382 g/mol. The highest BCUT2D eigenvalue weighted by molar-refractivity contribution is 7.89. The zero-order valence-electron chi connectivity index (χ0n) is 13.5. The van der Waals surface area contributed by atoms with Crippen LogP contribution in [0, 0.1) is 0 Å². The van der Waals surface area contributed by atoms with Gasteiger partial charge in [-0.2, -0.15) is 13.1 Å². The molecule has 0 radical (unpaired) electrons. The third-order valence-corrected chi connectivity index (χ3v) is 7.13. The molecule has 1 atom stereocenters. The first-order valence-electron chi connectivity index (χ1n) is 8.19. The van der Waals surface area contributed by atoms with Crippen LogP contribution in [0.3, 0.4) is 0 Å². The third-order valence-electron chi connectivity index (χ3n) is 4.65. The molecule has 0 spiro atoms. The van der Waals surface area contributed by atoms with E-state index in [1.807, 2.05) is 0 Å². The molecule has 2 fully saturated rings. The van der Waals surface area contributed by atoms with Crippen molar-refractivity contribution in [1.82, 2.24) is 18.0 Å². The lowest BCUT2D eigenvalue weighted by Gasteiger charge is -2.32. The Kier molecular flexibility index (Phi) is 4.44. The van der Waals surface area contributed by atoms with Crippen molar-refractivity contribution in [3.8, 4) is 0 Å². The normalized spacial score (nSPS) is 22.6. The second-order valence-corrected chi connectivity index (χ2v) is 8.49. The Balaban J connectivity index is 1.67. The summed E-state index contributed by atoms with van der Waals surface area (Å²) in [6, 6.07) is 4.28. The van der Waals surface area contributed by atoms with Gasteiger partial charge in [0.15, 0.2) is 0 Å². The van der Waals surface area contributed by atoms with E-state index in [4.69, 9.17) is 4.74 Å². The van der Waals surface area contributed by atoms with Crippen molar-refractivity contribution >= 4 is 38.7 Å². The zero-order valence-corrected chi connectivity index (χ0v) is 15.1. The summed E-state index contributed by atoms with van der Waals surface area (Å²) in [5, 5.41) is 0. The molecule has 10 heteroatoms. The van der Waals surface area contributed by atoms with Gasteiger partial charge in [0.2, 0.25) is 15.9 Å². The molecule has 1 aromatic carbocycles. The fourth-order valence-corrected chi connectivity index (χ4v) is 5.79. The molecule has 2 aromatic rings. The number of carbonyl (C=O) groups is 1. The summed E-state index contributed by atoms with van der Waals surface area (Å²) in [5.41, 5.74) is 0.929. The van der Waals surface area contributed by atoms with Crippen LogP contribution in [0.1, 0.15) is 12.8 Å². The lowest BCUT2D eigenvalue weighted by Crippen LogP contribution is -2.50. The summed E-state index contributed by atoms with van der Waals surface area (Å²) >= 11 is 0.983. The molecular formula is C15H18N4O4S2. The van der Waals surface area contributed by atoms with E-state index in [1.165, 1.54) is 10.4 Å². The number of carbonyl (C=O) groups excluding carboxylic acids is 1. The van der Waals surface area contributed by atoms with Gasteiger partial charge >= 0.3 is 0 Å². The number of fused-ring (bicyclic) bond motifs is 1. The van der Waals surface area contributed by atoms with Gasteiger partial charge in [-0.15, -0.1) is 0 Å². The quantitative estimate of drug-likeness (QED) is 0.776. The van der Waals surface area contributed by atoms with Crippen molar-refractivity contribution in [3.63, 3.8) is 0 Å². The van der Waals surface area contributed by atoms with Gasteiger partial charge in [-0.1, -0.05) is 6.07 Å². The predicted molar refractivity (Wildman–Crippen MR) is 91.7 cm³/mol. The summed E-state index contributed by atoms with van der Waals surface area (Å²) in [6.07, 6.45) is 1.21. The summed E-state index contributed by atoms with van der Waals surface area (Å²) in [5.74, 6) is -0.132.